The van der Waals surface area contributed by atoms with Gasteiger partial charge in [-0.15, -0.1) is 0 Å². The summed E-state index contributed by atoms with van der Waals surface area (Å²) in [4.78, 5) is 21.0. The third-order valence-corrected chi connectivity index (χ3v) is 3.47. The van der Waals surface area contributed by atoms with E-state index in [0.29, 0.717) is 10.7 Å². The normalized spacial score (nSPS) is 10.8. The maximum Gasteiger partial charge on any atom is 0.283 e. The van der Waals surface area contributed by atoms with Crippen molar-refractivity contribution in [3.8, 4) is 0 Å². The van der Waals surface area contributed by atoms with Crippen molar-refractivity contribution in [2.75, 3.05) is 5.73 Å². The van der Waals surface area contributed by atoms with Gasteiger partial charge >= 0.3 is 0 Å². The molecule has 0 aromatic carbocycles. The third-order valence-electron chi connectivity index (χ3n) is 2.41. The SMILES string of the molecule is CC(C)n1ccnc(Sc2ccncc2N)c1=O. The van der Waals surface area contributed by atoms with E-state index >= 15 is 0 Å². The van der Waals surface area contributed by atoms with Crippen LogP contribution in [0.3, 0.4) is 0 Å². The summed E-state index contributed by atoms with van der Waals surface area (Å²) in [7, 11) is 0. The molecule has 0 unspecified atom stereocenters. The van der Waals surface area contributed by atoms with Gasteiger partial charge in [0.1, 0.15) is 0 Å². The Hall–Kier alpha value is -1.82. The lowest BCUT2D eigenvalue weighted by Gasteiger charge is -2.10. The Morgan fingerprint density at radius 1 is 1.39 bits per heavy atom. The maximum atomic E-state index is 12.1. The fourth-order valence-corrected chi connectivity index (χ4v) is 2.29. The van der Waals surface area contributed by atoms with E-state index in [1.807, 2.05) is 13.8 Å². The Balaban J connectivity index is 2.39. The molecule has 0 saturated carbocycles. The predicted molar refractivity (Wildman–Crippen MR) is 71.7 cm³/mol. The monoisotopic (exact) mass is 262 g/mol. The molecule has 6 heteroatoms. The molecule has 0 amide bonds. The Morgan fingerprint density at radius 3 is 2.83 bits per heavy atom. The van der Waals surface area contributed by atoms with E-state index in [-0.39, 0.29) is 11.6 Å². The van der Waals surface area contributed by atoms with Crippen molar-refractivity contribution in [3.05, 3.63) is 41.2 Å². The molecule has 5 nitrogen and oxygen atoms in total. The summed E-state index contributed by atoms with van der Waals surface area (Å²) in [5, 5.41) is 0.420. The van der Waals surface area contributed by atoms with Gasteiger partial charge in [-0.3, -0.25) is 9.78 Å². The van der Waals surface area contributed by atoms with Crippen LogP contribution in [0.5, 0.6) is 0 Å². The lowest BCUT2D eigenvalue weighted by Crippen LogP contribution is -2.23. The van der Waals surface area contributed by atoms with Gasteiger partial charge in [-0.1, -0.05) is 11.8 Å². The standard InChI is InChI=1S/C12H14N4OS/c1-8(2)16-6-5-15-11(12(16)17)18-10-3-4-14-7-9(10)13/h3-8H,13H2,1-2H3. The van der Waals surface area contributed by atoms with Crippen molar-refractivity contribution in [3.63, 3.8) is 0 Å². The first kappa shape index (κ1) is 12.6. The molecule has 2 rings (SSSR count). The number of aromatic nitrogens is 3. The molecule has 0 atom stereocenters. The molecule has 0 fully saturated rings. The third kappa shape index (κ3) is 2.53. The van der Waals surface area contributed by atoms with E-state index in [1.165, 1.54) is 11.8 Å². The first-order valence-corrected chi connectivity index (χ1v) is 6.35. The lowest BCUT2D eigenvalue weighted by atomic mass is 10.4. The number of hydrogen-bond acceptors (Lipinski definition) is 5. The van der Waals surface area contributed by atoms with Gasteiger partial charge in [-0.05, 0) is 19.9 Å². The Bertz CT molecular complexity index is 609. The van der Waals surface area contributed by atoms with Crippen LogP contribution in [0, 0.1) is 0 Å². The van der Waals surface area contributed by atoms with Gasteiger partial charge in [0.25, 0.3) is 5.56 Å². The van der Waals surface area contributed by atoms with Crippen LogP contribution in [-0.4, -0.2) is 14.5 Å². The number of pyridine rings is 1. The average Bonchev–Trinajstić information content (AvgIpc) is 2.34. The summed E-state index contributed by atoms with van der Waals surface area (Å²) in [6, 6.07) is 1.88. The van der Waals surface area contributed by atoms with Gasteiger partial charge in [0.05, 0.1) is 11.9 Å². The largest absolute Gasteiger partial charge is 0.397 e. The van der Waals surface area contributed by atoms with E-state index in [4.69, 9.17) is 5.73 Å². The fraction of sp³-hybridized carbons (Fsp3) is 0.250. The first-order chi connectivity index (χ1) is 8.59. The smallest absolute Gasteiger partial charge is 0.283 e. The second-order valence-corrected chi connectivity index (χ2v) is 5.08. The van der Waals surface area contributed by atoms with E-state index in [9.17, 15) is 4.79 Å². The average molecular weight is 262 g/mol. The van der Waals surface area contributed by atoms with Gasteiger partial charge in [-0.2, -0.15) is 0 Å². The van der Waals surface area contributed by atoms with Gasteiger partial charge in [0.15, 0.2) is 5.03 Å². The quantitative estimate of drug-likeness (QED) is 0.915. The molecule has 18 heavy (non-hydrogen) atoms. The molecule has 0 radical (unpaired) electrons. The summed E-state index contributed by atoms with van der Waals surface area (Å²) in [5.74, 6) is 0. The lowest BCUT2D eigenvalue weighted by molar-refractivity contribution is 0.561. The van der Waals surface area contributed by atoms with Gasteiger partial charge in [-0.25, -0.2) is 4.98 Å². The van der Waals surface area contributed by atoms with Gasteiger partial charge in [0.2, 0.25) is 0 Å². The van der Waals surface area contributed by atoms with Crippen LogP contribution in [0.1, 0.15) is 19.9 Å². The molecule has 0 aliphatic rings. The van der Waals surface area contributed by atoms with Crippen LogP contribution in [0.2, 0.25) is 0 Å². The first-order valence-electron chi connectivity index (χ1n) is 5.54. The number of rotatable bonds is 3. The van der Waals surface area contributed by atoms with E-state index in [0.717, 1.165) is 4.90 Å². The maximum absolute atomic E-state index is 12.1. The molecular weight excluding hydrogens is 248 g/mol. The molecular formula is C12H14N4OS. The van der Waals surface area contributed by atoms with Crippen molar-refractivity contribution in [1.29, 1.82) is 0 Å². The fourth-order valence-electron chi connectivity index (χ4n) is 1.47. The molecule has 2 N–H and O–H groups in total. The minimum atomic E-state index is -0.103. The minimum Gasteiger partial charge on any atom is -0.397 e. The topological polar surface area (TPSA) is 73.8 Å². The number of nitrogen functional groups attached to an aromatic ring is 1. The summed E-state index contributed by atoms with van der Waals surface area (Å²) < 4.78 is 1.65. The summed E-state index contributed by atoms with van der Waals surface area (Å²) >= 11 is 1.26. The molecule has 0 aliphatic carbocycles. The van der Waals surface area contributed by atoms with Crippen LogP contribution in [-0.2, 0) is 0 Å². The molecule has 2 aromatic heterocycles. The van der Waals surface area contributed by atoms with Crippen LogP contribution < -0.4 is 11.3 Å². The zero-order valence-corrected chi connectivity index (χ0v) is 11.0. The van der Waals surface area contributed by atoms with Crippen LogP contribution in [0.15, 0.2) is 45.6 Å². The highest BCUT2D eigenvalue weighted by Crippen LogP contribution is 2.27. The van der Waals surface area contributed by atoms with E-state index in [2.05, 4.69) is 9.97 Å². The molecule has 0 bridgehead atoms. The molecule has 0 saturated heterocycles. The van der Waals surface area contributed by atoms with Crippen molar-refractivity contribution in [2.45, 2.75) is 29.8 Å². The molecule has 0 spiro atoms. The van der Waals surface area contributed by atoms with Crippen molar-refractivity contribution >= 4 is 17.4 Å². The Kier molecular flexibility index (Phi) is 3.66. The van der Waals surface area contributed by atoms with Crippen LogP contribution in [0.4, 0.5) is 5.69 Å². The second kappa shape index (κ2) is 5.22. The van der Waals surface area contributed by atoms with Gasteiger partial charge < -0.3 is 10.3 Å². The molecule has 94 valence electrons. The highest BCUT2D eigenvalue weighted by molar-refractivity contribution is 7.99. The van der Waals surface area contributed by atoms with Crippen LogP contribution >= 0.6 is 11.8 Å². The zero-order chi connectivity index (χ0) is 13.1. The zero-order valence-electron chi connectivity index (χ0n) is 10.2. The molecule has 2 heterocycles. The Morgan fingerprint density at radius 2 is 2.17 bits per heavy atom. The number of anilines is 1. The van der Waals surface area contributed by atoms with E-state index in [1.54, 1.807) is 35.4 Å². The van der Waals surface area contributed by atoms with Crippen molar-refractivity contribution in [2.24, 2.45) is 0 Å². The number of nitrogens with two attached hydrogens (primary N) is 1. The summed E-state index contributed by atoms with van der Waals surface area (Å²) in [6.45, 7) is 3.91. The molecule has 2 aromatic rings. The minimum absolute atomic E-state index is 0.103. The molecule has 0 aliphatic heterocycles. The highest BCUT2D eigenvalue weighted by Gasteiger charge is 2.10. The summed E-state index contributed by atoms with van der Waals surface area (Å²) in [5.41, 5.74) is 6.24. The second-order valence-electron chi connectivity index (χ2n) is 4.05. The van der Waals surface area contributed by atoms with Gasteiger partial charge in [0, 0.05) is 29.5 Å². The highest BCUT2D eigenvalue weighted by atomic mass is 32.2. The summed E-state index contributed by atoms with van der Waals surface area (Å²) in [6.07, 6.45) is 6.52. The Labute approximate surface area is 109 Å². The van der Waals surface area contributed by atoms with E-state index < -0.39 is 0 Å². The van der Waals surface area contributed by atoms with Crippen LogP contribution in [0.25, 0.3) is 0 Å². The van der Waals surface area contributed by atoms with Crippen molar-refractivity contribution < 1.29 is 0 Å². The number of hydrogen-bond donors (Lipinski definition) is 1. The number of nitrogens with zero attached hydrogens (tertiary/aromatic N) is 3. The predicted octanol–water partition coefficient (Wildman–Crippen LogP) is 1.95. The van der Waals surface area contributed by atoms with Crippen molar-refractivity contribution in [1.82, 2.24) is 14.5 Å².